The van der Waals surface area contributed by atoms with Crippen LogP contribution in [0.1, 0.15) is 43.2 Å². The van der Waals surface area contributed by atoms with E-state index in [4.69, 9.17) is 21.1 Å². The molecule has 4 aliphatic rings. The first-order valence-electron chi connectivity index (χ1n) is 11.1. The maximum Gasteiger partial charge on any atom is 0.167 e. The third kappa shape index (κ3) is 4.11. The second kappa shape index (κ2) is 8.72. The molecule has 1 N–H and O–H groups in total. The second-order valence-electron chi connectivity index (χ2n) is 9.31. The predicted molar refractivity (Wildman–Crippen MR) is 124 cm³/mol. The maximum atomic E-state index is 6.29. The predicted octanol–water partition coefficient (Wildman–Crippen LogP) is 6.60. The lowest BCUT2D eigenvalue weighted by molar-refractivity contribution is -0.0143. The van der Waals surface area contributed by atoms with Crippen LogP contribution in [-0.2, 0) is 13.2 Å². The molecule has 4 aliphatic carbocycles. The third-order valence-corrected chi connectivity index (χ3v) is 8.38. The van der Waals surface area contributed by atoms with Gasteiger partial charge in [-0.05, 0) is 85.6 Å². The van der Waals surface area contributed by atoms with Gasteiger partial charge in [0.1, 0.15) is 6.61 Å². The van der Waals surface area contributed by atoms with Crippen molar-refractivity contribution in [2.24, 2.45) is 23.7 Å². The Balaban J connectivity index is 1.34. The molecule has 0 radical (unpaired) electrons. The van der Waals surface area contributed by atoms with Gasteiger partial charge in [0.05, 0.1) is 7.11 Å². The molecule has 3 nitrogen and oxygen atoms in total. The van der Waals surface area contributed by atoms with Crippen LogP contribution in [0.15, 0.2) is 40.9 Å². The van der Waals surface area contributed by atoms with Crippen LogP contribution >= 0.6 is 27.5 Å². The Labute approximate surface area is 192 Å². The van der Waals surface area contributed by atoms with Crippen molar-refractivity contribution in [2.75, 3.05) is 7.11 Å². The summed E-state index contributed by atoms with van der Waals surface area (Å²) in [5.74, 6) is 5.25. The fraction of sp³-hybridized carbons (Fsp3) is 0.520. The van der Waals surface area contributed by atoms with Crippen molar-refractivity contribution < 1.29 is 9.47 Å². The van der Waals surface area contributed by atoms with E-state index in [9.17, 15) is 0 Å². The molecular weight excluding hydrogens is 462 g/mol. The van der Waals surface area contributed by atoms with E-state index < -0.39 is 0 Å². The molecule has 0 amide bonds. The minimum Gasteiger partial charge on any atom is -0.493 e. The molecule has 0 heterocycles. The smallest absolute Gasteiger partial charge is 0.167 e. The number of hydrogen-bond acceptors (Lipinski definition) is 3. The Kier molecular flexibility index (Phi) is 6.01. The van der Waals surface area contributed by atoms with Crippen LogP contribution in [0.4, 0.5) is 0 Å². The number of benzene rings is 2. The standard InChI is InChI=1S/C25H29BrClNO2/c1-29-23-6-5-22(26)21(25(23)30-14-15-3-2-4-20(27)12-15)13-28-24-18-8-16-7-17(10-18)11-19(24)9-16/h2-6,12,16-19,24,28H,7-11,13-14H2,1H3. The van der Waals surface area contributed by atoms with Gasteiger partial charge in [-0.3, -0.25) is 0 Å². The lowest BCUT2D eigenvalue weighted by atomic mass is 9.54. The molecule has 0 saturated heterocycles. The largest absolute Gasteiger partial charge is 0.493 e. The lowest BCUT2D eigenvalue weighted by Crippen LogP contribution is -2.54. The highest BCUT2D eigenvalue weighted by Gasteiger charge is 2.47. The molecule has 4 bridgehead atoms. The van der Waals surface area contributed by atoms with E-state index in [1.54, 1.807) is 7.11 Å². The molecule has 4 saturated carbocycles. The van der Waals surface area contributed by atoms with E-state index in [1.165, 1.54) is 32.1 Å². The Morgan fingerprint density at radius 3 is 2.43 bits per heavy atom. The molecule has 160 valence electrons. The Hall–Kier alpha value is -1.23. The summed E-state index contributed by atoms with van der Waals surface area (Å²) in [6.07, 6.45) is 7.16. The maximum absolute atomic E-state index is 6.29. The fourth-order valence-corrected chi connectivity index (χ4v) is 6.99. The molecule has 0 atom stereocenters. The van der Waals surface area contributed by atoms with Gasteiger partial charge in [-0.15, -0.1) is 0 Å². The van der Waals surface area contributed by atoms with E-state index in [2.05, 4.69) is 27.3 Å². The van der Waals surface area contributed by atoms with Crippen LogP contribution < -0.4 is 14.8 Å². The van der Waals surface area contributed by atoms with E-state index in [1.807, 2.05) is 30.3 Å². The monoisotopic (exact) mass is 489 g/mol. The van der Waals surface area contributed by atoms with Gasteiger partial charge in [0.25, 0.3) is 0 Å². The summed E-state index contributed by atoms with van der Waals surface area (Å²) in [6.45, 7) is 1.24. The zero-order chi connectivity index (χ0) is 20.7. The van der Waals surface area contributed by atoms with Crippen molar-refractivity contribution in [3.63, 3.8) is 0 Å². The first-order chi connectivity index (χ1) is 14.6. The van der Waals surface area contributed by atoms with Crippen molar-refractivity contribution >= 4 is 27.5 Å². The van der Waals surface area contributed by atoms with Crippen molar-refractivity contribution in [3.05, 3.63) is 57.0 Å². The highest BCUT2D eigenvalue weighted by Crippen LogP contribution is 2.53. The topological polar surface area (TPSA) is 30.5 Å². The first kappa shape index (κ1) is 20.7. The molecule has 2 aromatic rings. The molecule has 30 heavy (non-hydrogen) atoms. The highest BCUT2D eigenvalue weighted by molar-refractivity contribution is 9.10. The summed E-state index contributed by atoms with van der Waals surface area (Å²) in [5, 5.41) is 4.66. The van der Waals surface area contributed by atoms with Gasteiger partial charge in [-0.1, -0.05) is 39.7 Å². The number of hydrogen-bond donors (Lipinski definition) is 1. The number of halogens is 2. The van der Waals surface area contributed by atoms with Crippen molar-refractivity contribution in [2.45, 2.75) is 51.3 Å². The summed E-state index contributed by atoms with van der Waals surface area (Å²) in [4.78, 5) is 0. The SMILES string of the molecule is COc1ccc(Br)c(CNC2C3CC4CC(C3)CC2C4)c1OCc1cccc(Cl)c1. The summed E-state index contributed by atoms with van der Waals surface area (Å²) >= 11 is 9.89. The van der Waals surface area contributed by atoms with Crippen molar-refractivity contribution in [1.82, 2.24) is 5.32 Å². The molecule has 6 rings (SSSR count). The molecule has 2 aromatic carbocycles. The summed E-state index contributed by atoms with van der Waals surface area (Å²) in [5.41, 5.74) is 2.18. The third-order valence-electron chi connectivity index (χ3n) is 7.40. The number of methoxy groups -OCH3 is 1. The van der Waals surface area contributed by atoms with Crippen LogP contribution in [0.2, 0.25) is 5.02 Å². The zero-order valence-electron chi connectivity index (χ0n) is 17.4. The minimum absolute atomic E-state index is 0.457. The average Bonchev–Trinajstić information content (AvgIpc) is 2.72. The van der Waals surface area contributed by atoms with Gasteiger partial charge in [0, 0.05) is 27.6 Å². The van der Waals surface area contributed by atoms with Crippen molar-refractivity contribution in [3.8, 4) is 11.5 Å². The first-order valence-corrected chi connectivity index (χ1v) is 12.2. The van der Waals surface area contributed by atoms with Crippen LogP contribution in [0.3, 0.4) is 0 Å². The van der Waals surface area contributed by atoms with Gasteiger partial charge in [-0.25, -0.2) is 0 Å². The molecule has 0 spiro atoms. The second-order valence-corrected chi connectivity index (χ2v) is 10.6. The average molecular weight is 491 g/mol. The Morgan fingerprint density at radius 1 is 1.03 bits per heavy atom. The van der Waals surface area contributed by atoms with E-state index >= 15 is 0 Å². The van der Waals surface area contributed by atoms with Crippen LogP contribution in [0.25, 0.3) is 0 Å². The van der Waals surface area contributed by atoms with Crippen LogP contribution in [0, 0.1) is 23.7 Å². The molecular formula is C25H29BrClNO2. The van der Waals surface area contributed by atoms with Crippen LogP contribution in [0.5, 0.6) is 11.5 Å². The van der Waals surface area contributed by atoms with Gasteiger partial charge in [0.15, 0.2) is 11.5 Å². The van der Waals surface area contributed by atoms with E-state index in [0.717, 1.165) is 62.3 Å². The molecule has 0 aliphatic heterocycles. The Bertz CT molecular complexity index is 890. The van der Waals surface area contributed by atoms with E-state index in [-0.39, 0.29) is 0 Å². The van der Waals surface area contributed by atoms with Gasteiger partial charge in [0.2, 0.25) is 0 Å². The lowest BCUT2D eigenvalue weighted by Gasteiger charge is -2.54. The minimum atomic E-state index is 0.457. The van der Waals surface area contributed by atoms with E-state index in [0.29, 0.717) is 12.6 Å². The molecule has 0 aromatic heterocycles. The number of ether oxygens (including phenoxy) is 2. The Morgan fingerprint density at radius 2 is 1.77 bits per heavy atom. The normalized spacial score (nSPS) is 29.2. The highest BCUT2D eigenvalue weighted by atomic mass is 79.9. The van der Waals surface area contributed by atoms with Crippen molar-refractivity contribution in [1.29, 1.82) is 0 Å². The van der Waals surface area contributed by atoms with Crippen LogP contribution in [-0.4, -0.2) is 13.2 Å². The summed E-state index contributed by atoms with van der Waals surface area (Å²) in [6, 6.07) is 12.5. The molecule has 4 fully saturated rings. The zero-order valence-corrected chi connectivity index (χ0v) is 19.7. The fourth-order valence-electron chi connectivity index (χ4n) is 6.33. The molecule has 5 heteroatoms. The molecule has 0 unspecified atom stereocenters. The van der Waals surface area contributed by atoms with Gasteiger partial charge in [-0.2, -0.15) is 0 Å². The quantitative estimate of drug-likeness (QED) is 0.474. The summed E-state index contributed by atoms with van der Waals surface area (Å²) < 4.78 is 13.0. The van der Waals surface area contributed by atoms with Gasteiger partial charge >= 0.3 is 0 Å². The van der Waals surface area contributed by atoms with Gasteiger partial charge < -0.3 is 14.8 Å². The number of rotatable bonds is 7. The summed E-state index contributed by atoms with van der Waals surface area (Å²) in [7, 11) is 1.70. The number of nitrogens with one attached hydrogen (secondary N) is 1.